The van der Waals surface area contributed by atoms with E-state index < -0.39 is 0 Å². The molecule has 0 unspecified atom stereocenters. The van der Waals surface area contributed by atoms with E-state index in [1.54, 1.807) is 0 Å². The molecule has 0 N–H and O–H groups in total. The van der Waals surface area contributed by atoms with Crippen molar-refractivity contribution in [2.75, 3.05) is 0 Å². The third kappa shape index (κ3) is 44.3. The van der Waals surface area contributed by atoms with E-state index in [-0.39, 0.29) is 59.6 Å². The van der Waals surface area contributed by atoms with Gasteiger partial charge >= 0.3 is 0 Å². The molecule has 0 aromatic heterocycles. The summed E-state index contributed by atoms with van der Waals surface area (Å²) in [5, 5.41) is 0. The Labute approximate surface area is 59.6 Å². The van der Waals surface area contributed by atoms with Gasteiger partial charge in [0.2, 0.25) is 0 Å². The summed E-state index contributed by atoms with van der Waals surface area (Å²) < 4.78 is 0. The first-order chi connectivity index (χ1) is 0. The fourth-order valence-electron chi connectivity index (χ4n) is 0. The molecule has 0 aromatic carbocycles. The van der Waals surface area contributed by atoms with Crippen LogP contribution in [0.4, 0.5) is 0 Å². The molecule has 0 heterocycles. The van der Waals surface area contributed by atoms with E-state index in [2.05, 4.69) is 0 Å². The third-order valence-electron chi connectivity index (χ3n) is 0. The number of rotatable bonds is 0. The minimum absolute atomic E-state index is 0. The van der Waals surface area contributed by atoms with Crippen molar-refractivity contribution in [1.29, 1.82) is 0 Å². The second-order valence-corrected chi connectivity index (χ2v) is 0. The first kappa shape index (κ1) is 147. The van der Waals surface area contributed by atoms with Crippen LogP contribution in [0.5, 0.6) is 0 Å². The van der Waals surface area contributed by atoms with Gasteiger partial charge in [-0.25, -0.2) is 0 Å². The SMILES string of the molecule is C.C.C.[CH3-].[Np]. The van der Waals surface area contributed by atoms with Crippen LogP contribution in [-0.4, -0.2) is 0 Å². The van der Waals surface area contributed by atoms with Gasteiger partial charge in [0.15, 0.2) is 0 Å². The number of hydrogen-bond acceptors (Lipinski definition) is 0. The zero-order valence-corrected chi connectivity index (χ0v) is 5.17. The van der Waals surface area contributed by atoms with E-state index in [0.717, 1.165) is 0 Å². The molecule has 0 atom stereocenters. The minimum atomic E-state index is 0. The van der Waals surface area contributed by atoms with Gasteiger partial charge in [0, 0.05) is 29.9 Å². The fourth-order valence-corrected chi connectivity index (χ4v) is 0. The molecule has 0 nitrogen and oxygen atoms in total. The average Bonchev–Trinajstić information content (AvgIpc) is 0. The van der Waals surface area contributed by atoms with Crippen LogP contribution in [-0.2, 0) is 0 Å². The minimum Gasteiger partial charge on any atom is -0.358 e. The zero-order valence-electron chi connectivity index (χ0n) is 1.45. The van der Waals surface area contributed by atoms with Crippen LogP contribution in [0.15, 0.2) is 0 Å². The summed E-state index contributed by atoms with van der Waals surface area (Å²) in [6.07, 6.45) is 0. The van der Waals surface area contributed by atoms with Crippen molar-refractivity contribution >= 4 is 0 Å². The quantitative estimate of drug-likeness (QED) is 0.603. The second-order valence-electron chi connectivity index (χ2n) is 0. The normalized spacial score (nSPS) is 0. The Morgan fingerprint density at radius 1 is 0.600 bits per heavy atom. The van der Waals surface area contributed by atoms with Crippen molar-refractivity contribution in [3.63, 3.8) is 0 Å². The fraction of sp³-hybridized carbons (Fsp3) is 0.750. The van der Waals surface area contributed by atoms with Crippen molar-refractivity contribution in [2.24, 2.45) is 0 Å². The van der Waals surface area contributed by atoms with E-state index in [1.165, 1.54) is 0 Å². The molecule has 0 bridgehead atoms. The van der Waals surface area contributed by atoms with Gasteiger partial charge in [0.1, 0.15) is 0 Å². The Hall–Kier alpha value is 1.01. The topological polar surface area (TPSA) is 0 Å². The van der Waals surface area contributed by atoms with Gasteiger partial charge in [-0.05, 0) is 0 Å². The largest absolute Gasteiger partial charge is 0.358 e. The maximum absolute atomic E-state index is 0. The molecule has 5 heavy (non-hydrogen) atoms. The molecule has 0 saturated heterocycles. The van der Waals surface area contributed by atoms with Gasteiger partial charge in [-0.2, -0.15) is 0 Å². The van der Waals surface area contributed by atoms with E-state index in [9.17, 15) is 0 Å². The van der Waals surface area contributed by atoms with Crippen LogP contribution in [0, 0.1) is 37.4 Å². The molecule has 1 heteroatoms. The van der Waals surface area contributed by atoms with Crippen molar-refractivity contribution < 1.29 is 29.9 Å². The molecule has 0 saturated carbocycles. The summed E-state index contributed by atoms with van der Waals surface area (Å²) in [6, 6.07) is 0. The summed E-state index contributed by atoms with van der Waals surface area (Å²) in [4.78, 5) is 0. The maximum atomic E-state index is 0. The van der Waals surface area contributed by atoms with Crippen LogP contribution >= 0.6 is 0 Å². The zero-order chi connectivity index (χ0) is 0. The van der Waals surface area contributed by atoms with Gasteiger partial charge < -0.3 is 7.43 Å². The van der Waals surface area contributed by atoms with Gasteiger partial charge in [0.05, 0.1) is 0 Å². The van der Waals surface area contributed by atoms with Crippen LogP contribution in [0.1, 0.15) is 22.3 Å². The van der Waals surface area contributed by atoms with E-state index in [0.29, 0.717) is 0 Å². The standard InChI is InChI=1S/3CH4.CH3.Np/h3*1H4;1H3;/q;;;-1;. The van der Waals surface area contributed by atoms with E-state index >= 15 is 0 Å². The molecule has 0 aliphatic rings. The Balaban J connectivity index is 0. The predicted molar refractivity (Wildman–Crippen MR) is 26.6 cm³/mol. The van der Waals surface area contributed by atoms with Gasteiger partial charge in [0.25, 0.3) is 0 Å². The average molecular weight is 300 g/mol. The molecule has 37 valence electrons. The van der Waals surface area contributed by atoms with Crippen LogP contribution in [0.25, 0.3) is 0 Å². The van der Waals surface area contributed by atoms with E-state index in [4.69, 9.17) is 0 Å². The van der Waals surface area contributed by atoms with Crippen LogP contribution in [0.3, 0.4) is 0 Å². The molecular formula is C4H15Np-. The van der Waals surface area contributed by atoms with Gasteiger partial charge in [-0.1, -0.05) is 22.3 Å². The third-order valence-corrected chi connectivity index (χ3v) is 0. The van der Waals surface area contributed by atoms with Crippen molar-refractivity contribution in [3.8, 4) is 0 Å². The maximum Gasteiger partial charge on any atom is 0 e. The summed E-state index contributed by atoms with van der Waals surface area (Å²) in [6.45, 7) is 0. The predicted octanol–water partition coefficient (Wildman–Crippen LogP) is 2.36. The number of hydrogen-bond donors (Lipinski definition) is 0. The summed E-state index contributed by atoms with van der Waals surface area (Å²) in [5.74, 6) is 0. The molecule has 1 radical (unpaired) electrons. The first-order valence-electron chi connectivity index (χ1n) is 0. The molecule has 0 aliphatic carbocycles. The van der Waals surface area contributed by atoms with Crippen molar-refractivity contribution in [1.82, 2.24) is 0 Å². The molecule has 0 rings (SSSR count). The molecule has 0 fully saturated rings. The molecular weight excluding hydrogens is 285 g/mol. The Kier molecular flexibility index (Phi) is 2320. The van der Waals surface area contributed by atoms with Crippen LogP contribution < -0.4 is 0 Å². The Bertz CT molecular complexity index is 3.61. The van der Waals surface area contributed by atoms with Crippen molar-refractivity contribution in [3.05, 3.63) is 7.43 Å². The monoisotopic (exact) mass is 299 g/mol. The summed E-state index contributed by atoms with van der Waals surface area (Å²) in [5.41, 5.74) is 0. The van der Waals surface area contributed by atoms with Gasteiger partial charge in [-0.15, -0.1) is 0 Å². The smallest absolute Gasteiger partial charge is 0 e. The Morgan fingerprint density at radius 3 is 0.600 bits per heavy atom. The molecule has 0 amide bonds. The summed E-state index contributed by atoms with van der Waals surface area (Å²) in [7, 11) is 0. The molecule has 0 aromatic rings. The summed E-state index contributed by atoms with van der Waals surface area (Å²) >= 11 is 0. The van der Waals surface area contributed by atoms with Crippen molar-refractivity contribution in [2.45, 2.75) is 22.3 Å². The van der Waals surface area contributed by atoms with Crippen LogP contribution in [0.2, 0.25) is 0 Å². The van der Waals surface area contributed by atoms with Gasteiger partial charge in [-0.3, -0.25) is 0 Å². The second kappa shape index (κ2) is 78.7. The first-order valence-corrected chi connectivity index (χ1v) is 0. The molecule has 0 aliphatic heterocycles. The molecule has 0 spiro atoms. The Morgan fingerprint density at radius 2 is 0.600 bits per heavy atom. The van der Waals surface area contributed by atoms with E-state index in [1.807, 2.05) is 0 Å².